The maximum atomic E-state index is 13.6. The zero-order valence-corrected chi connectivity index (χ0v) is 23.0. The number of amides is 1. The molecule has 1 aromatic heterocycles. The number of rotatable bonds is 8. The maximum Gasteiger partial charge on any atom is 0.341 e. The first-order valence-corrected chi connectivity index (χ1v) is 13.6. The quantitative estimate of drug-likeness (QED) is 0.311. The van der Waals surface area contributed by atoms with E-state index in [1.807, 2.05) is 6.07 Å². The average Bonchev–Trinajstić information content (AvgIpc) is 3.13. The van der Waals surface area contributed by atoms with Gasteiger partial charge in [-0.25, -0.2) is 22.3 Å². The number of nitrogens with zero attached hydrogens (tertiary/aromatic N) is 2. The Morgan fingerprint density at radius 3 is 2.30 bits per heavy atom. The van der Waals surface area contributed by atoms with E-state index in [1.165, 1.54) is 48.9 Å². The van der Waals surface area contributed by atoms with Crippen molar-refractivity contribution >= 4 is 33.3 Å². The maximum absolute atomic E-state index is 13.6. The zero-order valence-electron chi connectivity index (χ0n) is 22.1. The van der Waals surface area contributed by atoms with E-state index < -0.39 is 39.4 Å². The Hall–Kier alpha value is -4.71. The summed E-state index contributed by atoms with van der Waals surface area (Å²) in [6.45, 7) is 4.42. The van der Waals surface area contributed by atoms with Crippen LogP contribution in [0, 0.1) is 19.7 Å². The van der Waals surface area contributed by atoms with Crippen molar-refractivity contribution in [3.63, 3.8) is 0 Å². The van der Waals surface area contributed by atoms with Crippen LogP contribution in [0.5, 0.6) is 0 Å². The molecule has 1 amide bonds. The predicted octanol–water partition coefficient (Wildman–Crippen LogP) is 3.92. The lowest BCUT2D eigenvalue weighted by Gasteiger charge is -2.16. The van der Waals surface area contributed by atoms with Gasteiger partial charge in [0.1, 0.15) is 11.5 Å². The first-order valence-electron chi connectivity index (χ1n) is 12.1. The number of halogens is 1. The van der Waals surface area contributed by atoms with Gasteiger partial charge in [-0.05, 0) is 68.8 Å². The molecule has 4 rings (SSSR count). The molecule has 12 heteroatoms. The fraction of sp³-hybridized carbons (Fsp3) is 0.179. The molecule has 0 aliphatic heterocycles. The van der Waals surface area contributed by atoms with Gasteiger partial charge in [0.05, 0.1) is 27.5 Å². The molecule has 10 nitrogen and oxygen atoms in total. The van der Waals surface area contributed by atoms with Gasteiger partial charge in [-0.2, -0.15) is 0 Å². The van der Waals surface area contributed by atoms with Crippen LogP contribution in [0.4, 0.5) is 15.8 Å². The Balaban J connectivity index is 1.51. The lowest BCUT2D eigenvalue weighted by molar-refractivity contribution is -0.123. The number of esters is 1. The number of ether oxygens (including phenoxy) is 1. The van der Waals surface area contributed by atoms with Crippen molar-refractivity contribution in [1.29, 1.82) is 0 Å². The molecular formula is C28H27FN4O6S. The second-order valence-corrected chi connectivity index (χ2v) is 10.7. The number of nitrogens with one attached hydrogen (secondary N) is 2. The van der Waals surface area contributed by atoms with Gasteiger partial charge in [-0.15, -0.1) is 0 Å². The minimum absolute atomic E-state index is 0.0296. The van der Waals surface area contributed by atoms with Crippen LogP contribution < -0.4 is 15.6 Å². The highest BCUT2D eigenvalue weighted by atomic mass is 32.2. The number of sulfonamides is 1. The van der Waals surface area contributed by atoms with Gasteiger partial charge in [0, 0.05) is 7.05 Å². The highest BCUT2D eigenvalue weighted by Crippen LogP contribution is 2.23. The summed E-state index contributed by atoms with van der Waals surface area (Å²) >= 11 is 0. The molecule has 208 valence electrons. The van der Waals surface area contributed by atoms with Gasteiger partial charge in [0.15, 0.2) is 6.10 Å². The fourth-order valence-corrected chi connectivity index (χ4v) is 5.12. The van der Waals surface area contributed by atoms with Gasteiger partial charge in [-0.1, -0.05) is 30.3 Å². The summed E-state index contributed by atoms with van der Waals surface area (Å²) < 4.78 is 50.0. The monoisotopic (exact) mass is 566 g/mol. The van der Waals surface area contributed by atoms with E-state index in [1.54, 1.807) is 42.9 Å². The molecule has 0 aliphatic carbocycles. The topological polar surface area (TPSA) is 128 Å². The van der Waals surface area contributed by atoms with Crippen molar-refractivity contribution in [3.8, 4) is 5.69 Å². The van der Waals surface area contributed by atoms with Crippen molar-refractivity contribution in [2.75, 3.05) is 10.0 Å². The largest absolute Gasteiger partial charge is 0.449 e. The lowest BCUT2D eigenvalue weighted by Crippen LogP contribution is -2.32. The van der Waals surface area contributed by atoms with E-state index in [9.17, 15) is 27.2 Å². The van der Waals surface area contributed by atoms with Crippen molar-refractivity contribution in [2.24, 2.45) is 7.05 Å². The third-order valence-corrected chi connectivity index (χ3v) is 7.65. The minimum Gasteiger partial charge on any atom is -0.449 e. The summed E-state index contributed by atoms with van der Waals surface area (Å²) in [6.07, 6.45) is -1.33. The molecule has 3 aromatic carbocycles. The van der Waals surface area contributed by atoms with Crippen molar-refractivity contribution in [2.45, 2.75) is 31.8 Å². The summed E-state index contributed by atoms with van der Waals surface area (Å²) in [7, 11) is -2.50. The highest BCUT2D eigenvalue weighted by Gasteiger charge is 2.26. The number of carbonyl (C=O) groups excluding carboxylic acids is 2. The number of hydrogen-bond acceptors (Lipinski definition) is 6. The van der Waals surface area contributed by atoms with Crippen LogP contribution in [0.3, 0.4) is 0 Å². The van der Waals surface area contributed by atoms with Crippen LogP contribution in [0.25, 0.3) is 5.69 Å². The fourth-order valence-electron chi connectivity index (χ4n) is 3.95. The predicted molar refractivity (Wildman–Crippen MR) is 148 cm³/mol. The number of benzene rings is 3. The molecule has 1 unspecified atom stereocenters. The molecule has 0 spiro atoms. The average molecular weight is 567 g/mol. The third-order valence-electron chi connectivity index (χ3n) is 6.29. The van der Waals surface area contributed by atoms with E-state index in [4.69, 9.17) is 4.74 Å². The Kier molecular flexibility index (Phi) is 7.91. The number of aryl methyl sites for hydroxylation is 1. The van der Waals surface area contributed by atoms with E-state index in [0.717, 1.165) is 12.1 Å². The molecule has 2 N–H and O–H groups in total. The van der Waals surface area contributed by atoms with Crippen LogP contribution >= 0.6 is 0 Å². The van der Waals surface area contributed by atoms with Crippen LogP contribution in [0.1, 0.15) is 28.5 Å². The number of carbonyl (C=O) groups is 2. The van der Waals surface area contributed by atoms with Gasteiger partial charge in [-0.3, -0.25) is 19.0 Å². The van der Waals surface area contributed by atoms with Crippen LogP contribution in [-0.4, -0.2) is 35.8 Å². The third kappa shape index (κ3) is 5.66. The molecular weight excluding hydrogens is 539 g/mol. The smallest absolute Gasteiger partial charge is 0.341 e. The van der Waals surface area contributed by atoms with Crippen molar-refractivity contribution < 1.29 is 27.1 Å². The molecule has 1 atom stereocenters. The second kappa shape index (κ2) is 11.2. The molecule has 1 heterocycles. The first kappa shape index (κ1) is 28.3. The summed E-state index contributed by atoms with van der Waals surface area (Å²) in [5, 5.41) is 2.54. The van der Waals surface area contributed by atoms with E-state index >= 15 is 0 Å². The van der Waals surface area contributed by atoms with Crippen LogP contribution in [-0.2, 0) is 26.6 Å². The lowest BCUT2D eigenvalue weighted by atomic mass is 10.2. The summed E-state index contributed by atoms with van der Waals surface area (Å²) in [4.78, 5) is 38.8. The van der Waals surface area contributed by atoms with Gasteiger partial charge < -0.3 is 10.1 Å². The Bertz CT molecular complexity index is 1760. The molecule has 0 saturated carbocycles. The van der Waals surface area contributed by atoms with Gasteiger partial charge >= 0.3 is 5.97 Å². The minimum atomic E-state index is -4.17. The molecule has 0 aliphatic rings. The Morgan fingerprint density at radius 1 is 0.975 bits per heavy atom. The molecule has 0 radical (unpaired) electrons. The number of aromatic nitrogens is 2. The molecule has 40 heavy (non-hydrogen) atoms. The van der Waals surface area contributed by atoms with E-state index in [2.05, 4.69) is 10.0 Å². The summed E-state index contributed by atoms with van der Waals surface area (Å²) in [5.41, 5.74) is 0.554. The van der Waals surface area contributed by atoms with Crippen LogP contribution in [0.2, 0.25) is 0 Å². The molecule has 4 aromatic rings. The SMILES string of the molecule is Cc1cc(S(=O)(=O)Nc2ccccc2C(=O)OC(C)C(=O)Nc2c(C)n(C)n(-c3ccccc3)c2=O)ccc1F. The van der Waals surface area contributed by atoms with E-state index in [0.29, 0.717) is 11.4 Å². The van der Waals surface area contributed by atoms with Crippen molar-refractivity contribution in [1.82, 2.24) is 9.36 Å². The normalized spacial score (nSPS) is 12.0. The number of para-hydroxylation sites is 2. The molecule has 0 fully saturated rings. The Labute approximate surface area is 230 Å². The van der Waals surface area contributed by atoms with Gasteiger partial charge in [0.2, 0.25) is 0 Å². The molecule has 0 bridgehead atoms. The standard InChI is InChI=1S/C28H27FN4O6S/c1-17-16-21(14-15-23(17)29)40(37,38)31-24-13-9-8-12-22(24)28(36)39-19(3)26(34)30-25-18(2)32(4)33(27(25)35)20-10-6-5-7-11-20/h5-16,19,31H,1-4H3,(H,30,34). The van der Waals surface area contributed by atoms with Crippen LogP contribution in [0.15, 0.2) is 82.5 Å². The zero-order chi connectivity index (χ0) is 29.2. The first-order chi connectivity index (χ1) is 18.9. The second-order valence-electron chi connectivity index (χ2n) is 9.04. The van der Waals surface area contributed by atoms with Gasteiger partial charge in [0.25, 0.3) is 21.5 Å². The van der Waals surface area contributed by atoms with Crippen molar-refractivity contribution in [3.05, 3.63) is 106 Å². The summed E-state index contributed by atoms with van der Waals surface area (Å²) in [6, 6.07) is 17.9. The number of hydrogen-bond donors (Lipinski definition) is 2. The number of anilines is 2. The molecule has 0 saturated heterocycles. The highest BCUT2D eigenvalue weighted by molar-refractivity contribution is 7.92. The Morgan fingerprint density at radius 2 is 1.62 bits per heavy atom. The summed E-state index contributed by atoms with van der Waals surface area (Å²) in [5.74, 6) is -2.28. The van der Waals surface area contributed by atoms with E-state index in [-0.39, 0.29) is 27.4 Å².